The van der Waals surface area contributed by atoms with Crippen LogP contribution in [0.15, 0.2) is 24.3 Å². The van der Waals surface area contributed by atoms with Gasteiger partial charge in [0, 0.05) is 11.6 Å². The van der Waals surface area contributed by atoms with E-state index in [0.29, 0.717) is 17.9 Å². The molecule has 2 rings (SSSR count). The lowest BCUT2D eigenvalue weighted by Gasteiger charge is -2.20. The molecular formula is C16H23N3O4. The maximum atomic E-state index is 12.1. The number of nitrogens with one attached hydrogen (secondary N) is 2. The number of carbonyl (C=O) groups is 2. The maximum Gasteiger partial charge on any atom is 0.267 e. The lowest BCUT2D eigenvalue weighted by atomic mass is 10.1. The first kappa shape index (κ1) is 17.2. The molecule has 2 amide bonds. The van der Waals surface area contributed by atoms with Gasteiger partial charge in [0.1, 0.15) is 11.8 Å². The number of amides is 2. The Kier molecular flexibility index (Phi) is 5.95. The molecule has 5 N–H and O–H groups in total. The van der Waals surface area contributed by atoms with Crippen LogP contribution in [0.3, 0.4) is 0 Å². The van der Waals surface area contributed by atoms with Crippen LogP contribution in [-0.2, 0) is 4.79 Å². The van der Waals surface area contributed by atoms with Crippen molar-refractivity contribution in [2.75, 3.05) is 6.61 Å². The van der Waals surface area contributed by atoms with Crippen molar-refractivity contribution >= 4 is 11.8 Å². The van der Waals surface area contributed by atoms with Crippen molar-refractivity contribution in [3.05, 3.63) is 29.8 Å². The van der Waals surface area contributed by atoms with E-state index in [4.69, 9.17) is 15.7 Å². The van der Waals surface area contributed by atoms with Crippen LogP contribution in [-0.4, -0.2) is 35.7 Å². The summed E-state index contributed by atoms with van der Waals surface area (Å²) in [5.74, 6) is 0.320. The van der Waals surface area contributed by atoms with Gasteiger partial charge < -0.3 is 15.8 Å². The van der Waals surface area contributed by atoms with E-state index >= 15 is 0 Å². The van der Waals surface area contributed by atoms with Crippen LogP contribution in [0.5, 0.6) is 5.75 Å². The Morgan fingerprint density at radius 2 is 2.00 bits per heavy atom. The number of hydroxylamine groups is 1. The minimum atomic E-state index is -1.01. The van der Waals surface area contributed by atoms with E-state index in [0.717, 1.165) is 12.3 Å². The molecular weight excluding hydrogens is 298 g/mol. The Hall–Kier alpha value is -2.12. The summed E-state index contributed by atoms with van der Waals surface area (Å²) < 4.78 is 5.62. The van der Waals surface area contributed by atoms with E-state index < -0.39 is 23.9 Å². The molecule has 0 aliphatic heterocycles. The van der Waals surface area contributed by atoms with Gasteiger partial charge in [-0.25, -0.2) is 5.48 Å². The van der Waals surface area contributed by atoms with Gasteiger partial charge in [0.2, 0.25) is 0 Å². The van der Waals surface area contributed by atoms with Gasteiger partial charge in [-0.15, -0.1) is 0 Å². The molecule has 2 unspecified atom stereocenters. The summed E-state index contributed by atoms with van der Waals surface area (Å²) in [5.41, 5.74) is 7.52. The van der Waals surface area contributed by atoms with Gasteiger partial charge in [-0.05, 0) is 43.5 Å². The first-order valence-corrected chi connectivity index (χ1v) is 7.74. The van der Waals surface area contributed by atoms with Crippen molar-refractivity contribution in [2.24, 2.45) is 11.7 Å². The first-order valence-electron chi connectivity index (χ1n) is 7.74. The summed E-state index contributed by atoms with van der Waals surface area (Å²) in [6.07, 6.45) is 3.66. The molecule has 0 radical (unpaired) electrons. The van der Waals surface area contributed by atoms with E-state index in [1.807, 2.05) is 0 Å². The van der Waals surface area contributed by atoms with E-state index in [-0.39, 0.29) is 0 Å². The summed E-state index contributed by atoms with van der Waals surface area (Å²) in [4.78, 5) is 23.6. The Morgan fingerprint density at radius 1 is 1.35 bits per heavy atom. The minimum absolute atomic E-state index is 0.385. The van der Waals surface area contributed by atoms with Crippen molar-refractivity contribution in [1.82, 2.24) is 10.8 Å². The van der Waals surface area contributed by atoms with Crippen molar-refractivity contribution in [3.63, 3.8) is 0 Å². The zero-order valence-electron chi connectivity index (χ0n) is 13.1. The number of rotatable bonds is 8. The third-order valence-corrected chi connectivity index (χ3v) is 3.81. The van der Waals surface area contributed by atoms with Gasteiger partial charge in [-0.3, -0.25) is 14.8 Å². The molecule has 0 saturated heterocycles. The van der Waals surface area contributed by atoms with Crippen LogP contribution in [0, 0.1) is 5.92 Å². The number of carbonyl (C=O) groups excluding carboxylic acids is 2. The van der Waals surface area contributed by atoms with Gasteiger partial charge in [-0.2, -0.15) is 0 Å². The van der Waals surface area contributed by atoms with Crippen LogP contribution in [0.25, 0.3) is 0 Å². The predicted molar refractivity (Wildman–Crippen MR) is 84.1 cm³/mol. The molecule has 1 fully saturated rings. The molecule has 1 aliphatic carbocycles. The highest BCUT2D eigenvalue weighted by atomic mass is 16.5. The molecule has 23 heavy (non-hydrogen) atoms. The van der Waals surface area contributed by atoms with Crippen LogP contribution in [0.2, 0.25) is 0 Å². The standard InChI is InChI=1S/C16H23N3O4/c1-10(17)14(16(21)19-22)18-15(20)12-4-6-13(7-5-12)23-9-8-11-2-3-11/h4-7,10-11,14,22H,2-3,8-9,17H2,1H3,(H,18,20)(H,19,21). The molecule has 1 aromatic rings. The number of ether oxygens (including phenoxy) is 1. The highest BCUT2D eigenvalue weighted by Crippen LogP contribution is 2.32. The average molecular weight is 321 g/mol. The quantitative estimate of drug-likeness (QED) is 0.418. The summed E-state index contributed by atoms with van der Waals surface area (Å²) in [6.45, 7) is 2.25. The molecule has 1 aliphatic rings. The number of nitrogens with two attached hydrogens (primary N) is 1. The average Bonchev–Trinajstić information content (AvgIpc) is 3.36. The first-order chi connectivity index (χ1) is 11.0. The fraction of sp³-hybridized carbons (Fsp3) is 0.500. The zero-order chi connectivity index (χ0) is 16.8. The monoisotopic (exact) mass is 321 g/mol. The smallest absolute Gasteiger partial charge is 0.267 e. The van der Waals surface area contributed by atoms with E-state index in [1.54, 1.807) is 31.2 Å². The number of hydrogen-bond donors (Lipinski definition) is 4. The third-order valence-electron chi connectivity index (χ3n) is 3.81. The lowest BCUT2D eigenvalue weighted by molar-refractivity contribution is -0.131. The molecule has 7 heteroatoms. The van der Waals surface area contributed by atoms with Gasteiger partial charge >= 0.3 is 0 Å². The second kappa shape index (κ2) is 7.94. The van der Waals surface area contributed by atoms with E-state index in [9.17, 15) is 9.59 Å². The summed E-state index contributed by atoms with van der Waals surface area (Å²) in [6, 6.07) is 5.02. The minimum Gasteiger partial charge on any atom is -0.494 e. The fourth-order valence-corrected chi connectivity index (χ4v) is 2.18. The van der Waals surface area contributed by atoms with Gasteiger partial charge in [0.05, 0.1) is 6.61 Å². The summed E-state index contributed by atoms with van der Waals surface area (Å²) >= 11 is 0. The molecule has 0 bridgehead atoms. The Morgan fingerprint density at radius 3 is 2.52 bits per heavy atom. The molecule has 0 aromatic heterocycles. The largest absolute Gasteiger partial charge is 0.494 e. The SMILES string of the molecule is CC(N)C(NC(=O)c1ccc(OCCC2CC2)cc1)C(=O)NO. The molecule has 7 nitrogen and oxygen atoms in total. The van der Waals surface area contributed by atoms with Crippen molar-refractivity contribution in [1.29, 1.82) is 0 Å². The Balaban J connectivity index is 1.89. The van der Waals surface area contributed by atoms with Gasteiger partial charge in [0.25, 0.3) is 11.8 Å². The zero-order valence-corrected chi connectivity index (χ0v) is 13.1. The highest BCUT2D eigenvalue weighted by molar-refractivity contribution is 5.97. The van der Waals surface area contributed by atoms with Crippen LogP contribution < -0.4 is 21.3 Å². The highest BCUT2D eigenvalue weighted by Gasteiger charge is 2.24. The normalized spacial score (nSPS) is 16.3. The van der Waals surface area contributed by atoms with E-state index in [1.165, 1.54) is 18.3 Å². The number of hydrogen-bond acceptors (Lipinski definition) is 5. The van der Waals surface area contributed by atoms with Crippen molar-refractivity contribution < 1.29 is 19.5 Å². The van der Waals surface area contributed by atoms with Crippen LogP contribution in [0.4, 0.5) is 0 Å². The maximum absolute atomic E-state index is 12.1. The second-order valence-electron chi connectivity index (χ2n) is 5.89. The van der Waals surface area contributed by atoms with Crippen molar-refractivity contribution in [3.8, 4) is 5.75 Å². The Labute approximate surface area is 135 Å². The van der Waals surface area contributed by atoms with Crippen LogP contribution >= 0.6 is 0 Å². The lowest BCUT2D eigenvalue weighted by Crippen LogP contribution is -2.54. The molecule has 1 saturated carbocycles. The fourth-order valence-electron chi connectivity index (χ4n) is 2.18. The number of benzene rings is 1. The molecule has 1 aromatic carbocycles. The summed E-state index contributed by atoms with van der Waals surface area (Å²) in [5, 5.41) is 11.2. The molecule has 126 valence electrons. The van der Waals surface area contributed by atoms with Crippen molar-refractivity contribution in [2.45, 2.75) is 38.3 Å². The molecule has 0 heterocycles. The van der Waals surface area contributed by atoms with Gasteiger partial charge in [-0.1, -0.05) is 12.8 Å². The molecule has 2 atom stereocenters. The topological polar surface area (TPSA) is 114 Å². The predicted octanol–water partition coefficient (Wildman–Crippen LogP) is 0.816. The molecule has 0 spiro atoms. The summed E-state index contributed by atoms with van der Waals surface area (Å²) in [7, 11) is 0. The van der Waals surface area contributed by atoms with Gasteiger partial charge in [0.15, 0.2) is 0 Å². The Bertz CT molecular complexity index is 541. The third kappa shape index (κ3) is 5.22. The van der Waals surface area contributed by atoms with E-state index in [2.05, 4.69) is 5.32 Å². The van der Waals surface area contributed by atoms with Crippen LogP contribution in [0.1, 0.15) is 36.5 Å². The second-order valence-corrected chi connectivity index (χ2v) is 5.89.